The number of aromatic nitrogens is 1. The molecule has 0 N–H and O–H groups in total. The second-order valence-electron chi connectivity index (χ2n) is 7.76. The number of rotatable bonds is 3. The molecule has 3 heterocycles. The molecular weight excluding hydrogens is 404 g/mol. The van der Waals surface area contributed by atoms with Crippen LogP contribution in [0, 0.1) is 18.3 Å². The van der Waals surface area contributed by atoms with Gasteiger partial charge in [-0.2, -0.15) is 5.26 Å². The molecule has 2 aliphatic rings. The lowest BCUT2D eigenvalue weighted by atomic mass is 10.0. The van der Waals surface area contributed by atoms with E-state index in [0.717, 1.165) is 37.3 Å². The Morgan fingerprint density at radius 2 is 1.79 bits per heavy atom. The molecule has 0 spiro atoms. The lowest BCUT2D eigenvalue weighted by Gasteiger charge is -2.28. The summed E-state index contributed by atoms with van der Waals surface area (Å²) >= 11 is 6.68. The van der Waals surface area contributed by atoms with Crippen LogP contribution in [-0.2, 0) is 11.8 Å². The zero-order valence-electron chi connectivity index (χ0n) is 17.3. The number of amides is 1. The third-order valence-electron chi connectivity index (χ3n) is 5.49. The van der Waals surface area contributed by atoms with E-state index in [0.29, 0.717) is 14.8 Å². The molecule has 29 heavy (non-hydrogen) atoms. The van der Waals surface area contributed by atoms with Gasteiger partial charge in [0.1, 0.15) is 21.8 Å². The van der Waals surface area contributed by atoms with Crippen molar-refractivity contribution in [2.45, 2.75) is 52.5 Å². The van der Waals surface area contributed by atoms with E-state index in [1.807, 2.05) is 19.9 Å². The Morgan fingerprint density at radius 3 is 2.31 bits per heavy atom. The highest BCUT2D eigenvalue weighted by Crippen LogP contribution is 2.36. The number of nitrogens with zero attached hydrogens (tertiary/aromatic N) is 4. The van der Waals surface area contributed by atoms with Gasteiger partial charge in [0.05, 0.1) is 4.91 Å². The van der Waals surface area contributed by atoms with Crippen LogP contribution in [0.1, 0.15) is 56.2 Å². The van der Waals surface area contributed by atoms with Crippen molar-refractivity contribution in [2.75, 3.05) is 18.0 Å². The van der Waals surface area contributed by atoms with Crippen molar-refractivity contribution in [2.24, 2.45) is 7.05 Å². The zero-order chi connectivity index (χ0) is 21.3. The van der Waals surface area contributed by atoms with Gasteiger partial charge in [-0.1, -0.05) is 36.8 Å². The van der Waals surface area contributed by atoms with Gasteiger partial charge < -0.3 is 4.90 Å². The molecular formula is C21H26N4O2S2. The highest BCUT2D eigenvalue weighted by atomic mass is 32.2. The number of nitriles is 1. The van der Waals surface area contributed by atoms with Gasteiger partial charge >= 0.3 is 0 Å². The maximum absolute atomic E-state index is 12.9. The minimum Gasteiger partial charge on any atom is -0.357 e. The predicted molar refractivity (Wildman–Crippen MR) is 122 cm³/mol. The molecule has 2 saturated heterocycles. The van der Waals surface area contributed by atoms with E-state index in [1.54, 1.807) is 23.4 Å². The van der Waals surface area contributed by atoms with Crippen molar-refractivity contribution in [3.8, 4) is 6.07 Å². The van der Waals surface area contributed by atoms with Crippen LogP contribution < -0.4 is 10.5 Å². The molecule has 1 amide bonds. The van der Waals surface area contributed by atoms with E-state index in [1.165, 1.54) is 24.6 Å². The van der Waals surface area contributed by atoms with Crippen molar-refractivity contribution in [3.63, 3.8) is 0 Å². The number of carbonyl (C=O) groups is 1. The fraction of sp³-hybridized carbons (Fsp3) is 0.524. The maximum atomic E-state index is 12.9. The first-order valence-electron chi connectivity index (χ1n) is 9.93. The van der Waals surface area contributed by atoms with E-state index >= 15 is 0 Å². The van der Waals surface area contributed by atoms with Gasteiger partial charge in [-0.05, 0) is 45.3 Å². The molecule has 0 bridgehead atoms. The molecule has 0 saturated carbocycles. The second-order valence-corrected chi connectivity index (χ2v) is 9.44. The quantitative estimate of drug-likeness (QED) is 0.540. The van der Waals surface area contributed by atoms with Crippen molar-refractivity contribution in [3.05, 3.63) is 31.9 Å². The van der Waals surface area contributed by atoms with Gasteiger partial charge in [0.25, 0.3) is 11.5 Å². The molecule has 0 radical (unpaired) electrons. The minimum atomic E-state index is -0.295. The Kier molecular flexibility index (Phi) is 6.49. The van der Waals surface area contributed by atoms with Crippen LogP contribution in [0.15, 0.2) is 9.70 Å². The summed E-state index contributed by atoms with van der Waals surface area (Å²) < 4.78 is 2.10. The Bertz CT molecular complexity index is 980. The average molecular weight is 431 g/mol. The van der Waals surface area contributed by atoms with E-state index in [4.69, 9.17) is 12.2 Å². The fourth-order valence-corrected chi connectivity index (χ4v) is 5.44. The van der Waals surface area contributed by atoms with Gasteiger partial charge in [0.2, 0.25) is 0 Å². The third-order valence-corrected chi connectivity index (χ3v) is 6.82. The first-order chi connectivity index (χ1) is 13.8. The lowest BCUT2D eigenvalue weighted by molar-refractivity contribution is -0.123. The van der Waals surface area contributed by atoms with Gasteiger partial charge in [-0.3, -0.25) is 19.1 Å². The van der Waals surface area contributed by atoms with Crippen molar-refractivity contribution < 1.29 is 4.79 Å². The van der Waals surface area contributed by atoms with E-state index in [-0.39, 0.29) is 23.1 Å². The molecule has 1 aromatic rings. The zero-order valence-corrected chi connectivity index (χ0v) is 19.0. The van der Waals surface area contributed by atoms with Crippen LogP contribution >= 0.6 is 24.0 Å². The molecule has 1 aromatic heterocycles. The molecule has 0 unspecified atom stereocenters. The summed E-state index contributed by atoms with van der Waals surface area (Å²) in [6.07, 6.45) is 6.27. The molecule has 8 heteroatoms. The Hall–Kier alpha value is -2.11. The van der Waals surface area contributed by atoms with Crippen molar-refractivity contribution >= 4 is 46.1 Å². The molecule has 3 rings (SSSR count). The van der Waals surface area contributed by atoms with Crippen LogP contribution in [0.5, 0.6) is 0 Å². The molecule has 0 aliphatic carbocycles. The summed E-state index contributed by atoms with van der Waals surface area (Å²) in [5.74, 6) is 0.659. The SMILES string of the molecule is Cc1c(C=C2SC(=S)N(C(C)C)C2=O)c(N2CCCCCC2)n(C)c(=O)c1C#N. The van der Waals surface area contributed by atoms with Gasteiger partial charge in [-0.25, -0.2) is 0 Å². The average Bonchev–Trinajstić information content (AvgIpc) is 2.84. The van der Waals surface area contributed by atoms with Gasteiger partial charge in [0.15, 0.2) is 0 Å². The first-order valence-corrected chi connectivity index (χ1v) is 11.2. The van der Waals surface area contributed by atoms with Crippen LogP contribution in [0.3, 0.4) is 0 Å². The summed E-state index contributed by atoms with van der Waals surface area (Å²) in [6.45, 7) is 7.36. The molecule has 2 aliphatic heterocycles. The van der Waals surface area contributed by atoms with Crippen molar-refractivity contribution in [1.29, 1.82) is 5.26 Å². The number of carbonyl (C=O) groups excluding carboxylic acids is 1. The predicted octanol–water partition coefficient (Wildman–Crippen LogP) is 3.56. The maximum Gasteiger partial charge on any atom is 0.270 e. The standard InChI is InChI=1S/C21H26N4O2S2/c1-13(2)25-20(27)17(29-21(25)28)11-15-14(3)16(12-22)19(26)23(4)18(15)24-9-7-5-6-8-10-24/h11,13H,5-10H2,1-4H3. The number of pyridine rings is 1. The highest BCUT2D eigenvalue weighted by molar-refractivity contribution is 8.26. The highest BCUT2D eigenvalue weighted by Gasteiger charge is 2.34. The van der Waals surface area contributed by atoms with Crippen LogP contribution in [0.2, 0.25) is 0 Å². The summed E-state index contributed by atoms with van der Waals surface area (Å²) in [7, 11) is 1.71. The summed E-state index contributed by atoms with van der Waals surface area (Å²) in [5.41, 5.74) is 1.20. The largest absolute Gasteiger partial charge is 0.357 e. The Labute approximate surface area is 181 Å². The van der Waals surface area contributed by atoms with Crippen LogP contribution in [-0.4, -0.2) is 38.8 Å². The van der Waals surface area contributed by atoms with Gasteiger partial charge in [-0.15, -0.1) is 0 Å². The van der Waals surface area contributed by atoms with Gasteiger partial charge in [0, 0.05) is 31.7 Å². The van der Waals surface area contributed by atoms with Crippen LogP contribution in [0.25, 0.3) is 6.08 Å². The number of thioether (sulfide) groups is 1. The lowest BCUT2D eigenvalue weighted by Crippen LogP contribution is -2.35. The summed E-state index contributed by atoms with van der Waals surface area (Å²) in [5, 5.41) is 9.57. The molecule has 2 fully saturated rings. The molecule has 6 nitrogen and oxygen atoms in total. The van der Waals surface area contributed by atoms with Crippen LogP contribution in [0.4, 0.5) is 5.82 Å². The fourth-order valence-electron chi connectivity index (χ4n) is 3.93. The summed E-state index contributed by atoms with van der Waals surface area (Å²) in [6, 6.07) is 2.03. The number of hydrogen-bond acceptors (Lipinski definition) is 6. The van der Waals surface area contributed by atoms with E-state index in [2.05, 4.69) is 11.0 Å². The Balaban J connectivity index is 2.21. The molecule has 0 aromatic carbocycles. The minimum absolute atomic E-state index is 0.0191. The van der Waals surface area contributed by atoms with Crippen molar-refractivity contribution in [1.82, 2.24) is 9.47 Å². The topological polar surface area (TPSA) is 69.3 Å². The first kappa shape index (κ1) is 21.6. The normalized spacial score (nSPS) is 19.2. The summed E-state index contributed by atoms with van der Waals surface area (Å²) in [4.78, 5) is 30.1. The number of anilines is 1. The van der Waals surface area contributed by atoms with E-state index in [9.17, 15) is 14.9 Å². The third kappa shape index (κ3) is 3.99. The van der Waals surface area contributed by atoms with E-state index < -0.39 is 0 Å². The number of thiocarbonyl (C=S) groups is 1. The smallest absolute Gasteiger partial charge is 0.270 e. The molecule has 0 atom stereocenters. The second kappa shape index (κ2) is 8.72. The molecule has 154 valence electrons. The Morgan fingerprint density at radius 1 is 1.17 bits per heavy atom. The monoisotopic (exact) mass is 430 g/mol. The number of hydrogen-bond donors (Lipinski definition) is 0.